The minimum atomic E-state index is -0.434. The van der Waals surface area contributed by atoms with E-state index in [4.69, 9.17) is 16.3 Å². The van der Waals surface area contributed by atoms with Crippen LogP contribution >= 0.6 is 0 Å². The Labute approximate surface area is 319 Å². The van der Waals surface area contributed by atoms with Gasteiger partial charge in [-0.1, -0.05) is 146 Å². The topological polar surface area (TPSA) is 31.0 Å². The molecule has 11 aromatic rings. The Bertz CT molecular complexity index is 3470. The molecule has 0 spiro atoms. The summed E-state index contributed by atoms with van der Waals surface area (Å²) in [5.41, 5.74) is 10.4. The molecule has 0 N–H and O–H groups in total. The number of aromatic nitrogens is 2. The number of imidazole rings is 1. The van der Waals surface area contributed by atoms with Crippen LogP contribution in [0.1, 0.15) is 6.85 Å². The highest BCUT2D eigenvalue weighted by Crippen LogP contribution is 2.46. The lowest BCUT2D eigenvalue weighted by Crippen LogP contribution is -1.97. The first kappa shape index (κ1) is 25.7. The molecule has 0 aliphatic heterocycles. The molecule has 0 aliphatic rings. The predicted octanol–water partition coefficient (Wildman–Crippen LogP) is 13.9. The van der Waals surface area contributed by atoms with Crippen LogP contribution in [0.5, 0.6) is 0 Å². The van der Waals surface area contributed by atoms with E-state index in [0.29, 0.717) is 16.9 Å². The minimum absolute atomic E-state index is 0.0622. The number of furan rings is 1. The van der Waals surface area contributed by atoms with Crippen LogP contribution in [0.25, 0.3) is 105 Å². The Kier molecular flexibility index (Phi) is 5.79. The van der Waals surface area contributed by atoms with Crippen molar-refractivity contribution in [2.45, 2.75) is 0 Å². The van der Waals surface area contributed by atoms with Crippen molar-refractivity contribution < 1.29 is 11.3 Å². The number of para-hydroxylation sites is 4. The Morgan fingerprint density at radius 2 is 1.02 bits per heavy atom. The second-order valence-electron chi connectivity index (χ2n) is 13.5. The van der Waals surface area contributed by atoms with E-state index in [1.807, 2.05) is 60.7 Å². The minimum Gasteiger partial charge on any atom is -0.456 e. The fourth-order valence-corrected chi connectivity index (χ4v) is 8.08. The molecule has 0 amide bonds. The molecule has 252 valence electrons. The number of fused-ring (bicyclic) bond motifs is 6. The molecule has 0 fully saturated rings. The van der Waals surface area contributed by atoms with Crippen LogP contribution in [0.3, 0.4) is 0 Å². The van der Waals surface area contributed by atoms with Gasteiger partial charge in [0.25, 0.3) is 0 Å². The van der Waals surface area contributed by atoms with Crippen molar-refractivity contribution in [3.05, 3.63) is 194 Å². The molecule has 9 aromatic carbocycles. The van der Waals surface area contributed by atoms with Gasteiger partial charge < -0.3 is 4.42 Å². The monoisotopic (exact) mass is 693 g/mol. The highest BCUT2D eigenvalue weighted by Gasteiger charge is 2.20. The van der Waals surface area contributed by atoms with E-state index in [2.05, 4.69) is 103 Å². The van der Waals surface area contributed by atoms with Crippen molar-refractivity contribution in [3.63, 3.8) is 0 Å². The lowest BCUT2D eigenvalue weighted by molar-refractivity contribution is 0.669. The zero-order valence-electron chi connectivity index (χ0n) is 33.9. The summed E-state index contributed by atoms with van der Waals surface area (Å²) in [5.74, 6) is 0.482. The van der Waals surface area contributed by atoms with E-state index in [9.17, 15) is 0 Å². The third-order valence-electron chi connectivity index (χ3n) is 10.5. The zero-order valence-corrected chi connectivity index (χ0v) is 28.9. The zero-order chi connectivity index (χ0) is 39.9. The first-order valence-electron chi connectivity index (χ1n) is 20.5. The second kappa shape index (κ2) is 12.2. The normalized spacial score (nSPS) is 13.0. The SMILES string of the molecule is [2H]c1c([2H])c([2H])c(-n2c(-c3ccc(-c4c5ccccc5c(-c5ccc6oc7ccccc7c6c5)c5cc(-c6ccccc6)ccc45)cc3)nc3ccccc32)c([2H])c1[2H]. The van der Waals surface area contributed by atoms with E-state index in [1.54, 1.807) is 4.57 Å². The molecule has 11 rings (SSSR count). The third kappa shape index (κ3) is 4.79. The molecule has 3 nitrogen and oxygen atoms in total. The lowest BCUT2D eigenvalue weighted by Gasteiger charge is -2.19. The number of nitrogens with zero attached hydrogens (tertiary/aromatic N) is 2. The van der Waals surface area contributed by atoms with Gasteiger partial charge in [0.15, 0.2) is 0 Å². The van der Waals surface area contributed by atoms with Gasteiger partial charge in [-0.15, -0.1) is 0 Å². The molecular weight excluding hydrogens is 657 g/mol. The van der Waals surface area contributed by atoms with E-state index < -0.39 is 18.1 Å². The Morgan fingerprint density at radius 1 is 0.426 bits per heavy atom. The highest BCUT2D eigenvalue weighted by atomic mass is 16.3. The summed E-state index contributed by atoms with van der Waals surface area (Å²) < 4.78 is 50.7. The fourth-order valence-electron chi connectivity index (χ4n) is 8.08. The molecule has 2 heterocycles. The molecule has 0 saturated heterocycles. The maximum Gasteiger partial charge on any atom is 0.145 e. The molecular formula is C51H32N2O. The summed E-state index contributed by atoms with van der Waals surface area (Å²) in [6, 6.07) is 54.3. The van der Waals surface area contributed by atoms with Gasteiger partial charge in [0, 0.05) is 22.0 Å². The Hall–Kier alpha value is -7.23. The van der Waals surface area contributed by atoms with E-state index in [1.165, 1.54) is 0 Å². The van der Waals surface area contributed by atoms with Crippen molar-refractivity contribution in [1.29, 1.82) is 0 Å². The van der Waals surface area contributed by atoms with Gasteiger partial charge in [0.1, 0.15) is 17.0 Å². The molecule has 0 bridgehead atoms. The Balaban J connectivity index is 1.15. The van der Waals surface area contributed by atoms with Crippen molar-refractivity contribution in [2.24, 2.45) is 0 Å². The number of benzene rings is 9. The average molecular weight is 694 g/mol. The molecule has 0 unspecified atom stereocenters. The Morgan fingerprint density at radius 3 is 1.83 bits per heavy atom. The lowest BCUT2D eigenvalue weighted by atomic mass is 9.84. The summed E-state index contributed by atoms with van der Waals surface area (Å²) in [6.45, 7) is 0. The summed E-state index contributed by atoms with van der Waals surface area (Å²) in [5, 5.41) is 6.62. The van der Waals surface area contributed by atoms with Gasteiger partial charge in [-0.2, -0.15) is 0 Å². The molecule has 54 heavy (non-hydrogen) atoms. The molecule has 3 heteroatoms. The third-order valence-corrected chi connectivity index (χ3v) is 10.5. The molecule has 2 aromatic heterocycles. The van der Waals surface area contributed by atoms with Gasteiger partial charge in [-0.25, -0.2) is 4.98 Å². The second-order valence-corrected chi connectivity index (χ2v) is 13.5. The highest BCUT2D eigenvalue weighted by molar-refractivity contribution is 6.22. The smallest absolute Gasteiger partial charge is 0.145 e. The van der Waals surface area contributed by atoms with E-state index in [-0.39, 0.29) is 17.8 Å². The maximum atomic E-state index is 8.84. The van der Waals surface area contributed by atoms with Crippen LogP contribution in [0, 0.1) is 0 Å². The summed E-state index contributed by atoms with van der Waals surface area (Å²) >= 11 is 0. The quantitative estimate of drug-likeness (QED) is 0.168. The average Bonchev–Trinajstić information content (AvgIpc) is 3.85. The molecule has 0 radical (unpaired) electrons. The van der Waals surface area contributed by atoms with Crippen LogP contribution in [0.4, 0.5) is 0 Å². The summed E-state index contributed by atoms with van der Waals surface area (Å²) in [7, 11) is 0. The molecule has 0 aliphatic carbocycles. The van der Waals surface area contributed by atoms with E-state index in [0.717, 1.165) is 82.4 Å². The summed E-state index contributed by atoms with van der Waals surface area (Å²) in [4.78, 5) is 4.97. The maximum absolute atomic E-state index is 8.84. The number of rotatable bonds is 5. The van der Waals surface area contributed by atoms with Gasteiger partial charge >= 0.3 is 0 Å². The predicted molar refractivity (Wildman–Crippen MR) is 225 cm³/mol. The first-order valence-corrected chi connectivity index (χ1v) is 18.0. The number of hydrogen-bond acceptors (Lipinski definition) is 2. The van der Waals surface area contributed by atoms with Gasteiger partial charge in [-0.3, -0.25) is 4.57 Å². The van der Waals surface area contributed by atoms with Crippen molar-refractivity contribution in [3.8, 4) is 50.5 Å². The van der Waals surface area contributed by atoms with Gasteiger partial charge in [0.2, 0.25) is 0 Å². The van der Waals surface area contributed by atoms with Crippen LogP contribution in [-0.2, 0) is 0 Å². The van der Waals surface area contributed by atoms with Crippen LogP contribution in [0.15, 0.2) is 198 Å². The molecule has 0 atom stereocenters. The first-order chi connectivity index (χ1) is 28.9. The van der Waals surface area contributed by atoms with Crippen molar-refractivity contribution in [2.75, 3.05) is 0 Å². The van der Waals surface area contributed by atoms with Crippen LogP contribution < -0.4 is 0 Å². The molecule has 0 saturated carbocycles. The van der Waals surface area contributed by atoms with E-state index >= 15 is 0 Å². The fraction of sp³-hybridized carbons (Fsp3) is 0. The standard InChI is InChI=1S/C51H32N2O/c1-3-13-33(14-4-1)36-27-29-42-44(31-36)50(37-28-30-48-43(32-37)39-17-9-12-22-47(39)54-48)41-19-8-7-18-40(41)49(42)34-23-25-35(26-24-34)51-52-45-20-10-11-21-46(45)53(51)38-15-5-2-6-16-38/h1-32H/i2D,5D,6D,15D,16D. The summed E-state index contributed by atoms with van der Waals surface area (Å²) in [6.07, 6.45) is 0. The number of hydrogen-bond donors (Lipinski definition) is 0. The van der Waals surface area contributed by atoms with Crippen LogP contribution in [0.2, 0.25) is 0 Å². The van der Waals surface area contributed by atoms with Gasteiger partial charge in [-0.05, 0) is 103 Å². The van der Waals surface area contributed by atoms with Gasteiger partial charge in [0.05, 0.1) is 17.9 Å². The van der Waals surface area contributed by atoms with Crippen molar-refractivity contribution >= 4 is 54.5 Å². The van der Waals surface area contributed by atoms with Crippen LogP contribution in [-0.4, -0.2) is 9.55 Å². The van der Waals surface area contributed by atoms with Crippen molar-refractivity contribution in [1.82, 2.24) is 9.55 Å². The largest absolute Gasteiger partial charge is 0.456 e.